The molecule has 0 fully saturated rings. The predicted octanol–water partition coefficient (Wildman–Crippen LogP) is 4.35. The quantitative estimate of drug-likeness (QED) is 0.785. The zero-order chi connectivity index (χ0) is 14.3. The van der Waals surface area contributed by atoms with E-state index >= 15 is 0 Å². The number of aliphatic imine (C=N–C) groups is 1. The molecule has 1 aliphatic rings. The van der Waals surface area contributed by atoms with Crippen molar-refractivity contribution in [3.8, 4) is 5.75 Å². The summed E-state index contributed by atoms with van der Waals surface area (Å²) in [7, 11) is 0. The summed E-state index contributed by atoms with van der Waals surface area (Å²) in [5.74, 6) is 0.667. The summed E-state index contributed by atoms with van der Waals surface area (Å²) in [5, 5.41) is 0.931. The van der Waals surface area contributed by atoms with Crippen molar-refractivity contribution in [1.29, 1.82) is 0 Å². The van der Waals surface area contributed by atoms with Crippen LogP contribution in [0, 0.1) is 0 Å². The zero-order valence-corrected chi connectivity index (χ0v) is 12.5. The molecule has 102 valence electrons. The van der Waals surface area contributed by atoms with E-state index in [4.69, 9.17) is 27.9 Å². The standard InChI is InChI=1S/C15H12Cl2N2O/c1-15(2)19-14(12-5-3-4-6-18-12)9-7-10(16)11(17)8-13(9)20-15/h3-8H,1-2H3. The van der Waals surface area contributed by atoms with E-state index in [0.29, 0.717) is 15.8 Å². The first-order chi connectivity index (χ1) is 9.46. The normalized spacial score (nSPS) is 16.1. The minimum absolute atomic E-state index is 0.462. The van der Waals surface area contributed by atoms with Crippen LogP contribution in [0.15, 0.2) is 41.5 Å². The molecule has 5 heteroatoms. The summed E-state index contributed by atoms with van der Waals surface area (Å²) in [6.07, 6.45) is 1.73. The highest BCUT2D eigenvalue weighted by atomic mass is 35.5. The molecule has 1 aliphatic heterocycles. The van der Waals surface area contributed by atoms with Crippen LogP contribution in [0.4, 0.5) is 0 Å². The van der Waals surface area contributed by atoms with Gasteiger partial charge in [-0.05, 0) is 32.0 Å². The topological polar surface area (TPSA) is 34.5 Å². The van der Waals surface area contributed by atoms with Crippen LogP contribution in [-0.4, -0.2) is 16.4 Å². The number of hydrogen-bond donors (Lipinski definition) is 0. The van der Waals surface area contributed by atoms with Crippen molar-refractivity contribution in [2.45, 2.75) is 19.6 Å². The first-order valence-electron chi connectivity index (χ1n) is 6.16. The summed E-state index contributed by atoms with van der Waals surface area (Å²) in [5.41, 5.74) is 1.67. The molecule has 0 saturated heterocycles. The predicted molar refractivity (Wildman–Crippen MR) is 81.0 cm³/mol. The van der Waals surface area contributed by atoms with Crippen molar-refractivity contribution in [1.82, 2.24) is 4.98 Å². The molecule has 0 spiro atoms. The van der Waals surface area contributed by atoms with Gasteiger partial charge in [0.15, 0.2) is 5.72 Å². The summed E-state index contributed by atoms with van der Waals surface area (Å²) in [4.78, 5) is 8.98. The number of pyridine rings is 1. The van der Waals surface area contributed by atoms with Gasteiger partial charge in [-0.25, -0.2) is 4.99 Å². The van der Waals surface area contributed by atoms with E-state index in [1.807, 2.05) is 32.0 Å². The monoisotopic (exact) mass is 306 g/mol. The molecule has 1 aromatic carbocycles. The Morgan fingerprint density at radius 3 is 2.55 bits per heavy atom. The number of halogens is 2. The Bertz CT molecular complexity index is 697. The van der Waals surface area contributed by atoms with Crippen molar-refractivity contribution in [2.75, 3.05) is 0 Å². The molecule has 0 unspecified atom stereocenters. The third-order valence-corrected chi connectivity index (χ3v) is 3.65. The fraction of sp³-hybridized carbons (Fsp3) is 0.200. The van der Waals surface area contributed by atoms with Gasteiger partial charge in [-0.1, -0.05) is 29.3 Å². The average Bonchev–Trinajstić information content (AvgIpc) is 2.40. The fourth-order valence-electron chi connectivity index (χ4n) is 2.12. The maximum Gasteiger partial charge on any atom is 0.195 e. The van der Waals surface area contributed by atoms with Gasteiger partial charge in [-0.2, -0.15) is 0 Å². The van der Waals surface area contributed by atoms with E-state index in [1.165, 1.54) is 0 Å². The zero-order valence-electron chi connectivity index (χ0n) is 11.0. The van der Waals surface area contributed by atoms with Crippen LogP contribution in [0.1, 0.15) is 25.1 Å². The summed E-state index contributed by atoms with van der Waals surface area (Å²) in [6.45, 7) is 3.78. The number of aromatic nitrogens is 1. The van der Waals surface area contributed by atoms with Gasteiger partial charge in [0, 0.05) is 17.8 Å². The molecule has 0 aliphatic carbocycles. The second-order valence-corrected chi connectivity index (χ2v) is 5.80. The lowest BCUT2D eigenvalue weighted by molar-refractivity contribution is 0.115. The molecule has 2 aromatic rings. The van der Waals surface area contributed by atoms with Crippen LogP contribution in [0.3, 0.4) is 0 Å². The molecule has 0 atom stereocenters. The van der Waals surface area contributed by atoms with Gasteiger partial charge in [0.05, 0.1) is 21.5 Å². The fourth-order valence-corrected chi connectivity index (χ4v) is 2.43. The number of fused-ring (bicyclic) bond motifs is 1. The van der Waals surface area contributed by atoms with Crippen molar-refractivity contribution in [2.24, 2.45) is 4.99 Å². The molecular formula is C15H12Cl2N2O. The van der Waals surface area contributed by atoms with Gasteiger partial charge in [-0.3, -0.25) is 4.98 Å². The maximum atomic E-state index is 6.11. The minimum atomic E-state index is -0.670. The highest BCUT2D eigenvalue weighted by Crippen LogP contribution is 2.37. The van der Waals surface area contributed by atoms with Crippen LogP contribution in [-0.2, 0) is 0 Å². The molecule has 3 rings (SSSR count). The average molecular weight is 307 g/mol. The van der Waals surface area contributed by atoms with Crippen LogP contribution < -0.4 is 4.74 Å². The van der Waals surface area contributed by atoms with Crippen molar-refractivity contribution < 1.29 is 4.74 Å². The summed E-state index contributed by atoms with van der Waals surface area (Å²) >= 11 is 12.2. The molecular weight excluding hydrogens is 295 g/mol. The van der Waals surface area contributed by atoms with E-state index in [0.717, 1.165) is 17.0 Å². The Kier molecular flexibility index (Phi) is 3.19. The second kappa shape index (κ2) is 4.76. The molecule has 0 N–H and O–H groups in total. The molecule has 3 nitrogen and oxygen atoms in total. The highest BCUT2D eigenvalue weighted by molar-refractivity contribution is 6.42. The molecule has 20 heavy (non-hydrogen) atoms. The van der Waals surface area contributed by atoms with Gasteiger partial charge in [0.2, 0.25) is 0 Å². The van der Waals surface area contributed by atoms with Gasteiger partial charge in [-0.15, -0.1) is 0 Å². The van der Waals surface area contributed by atoms with Crippen LogP contribution in [0.2, 0.25) is 10.0 Å². The van der Waals surface area contributed by atoms with Crippen LogP contribution in [0.25, 0.3) is 0 Å². The Hall–Kier alpha value is -1.58. The Morgan fingerprint density at radius 2 is 1.85 bits per heavy atom. The Labute approximate surface area is 127 Å². The third kappa shape index (κ3) is 2.39. The largest absolute Gasteiger partial charge is 0.466 e. The number of ether oxygens (including phenoxy) is 1. The molecule has 0 saturated carbocycles. The third-order valence-electron chi connectivity index (χ3n) is 2.93. The summed E-state index contributed by atoms with van der Waals surface area (Å²) < 4.78 is 5.85. The molecule has 2 heterocycles. The molecule has 0 bridgehead atoms. The molecule has 0 amide bonds. The lowest BCUT2D eigenvalue weighted by Crippen LogP contribution is -2.32. The first-order valence-corrected chi connectivity index (χ1v) is 6.91. The van der Waals surface area contributed by atoms with Crippen LogP contribution in [0.5, 0.6) is 5.75 Å². The highest BCUT2D eigenvalue weighted by Gasteiger charge is 2.30. The van der Waals surface area contributed by atoms with E-state index in [-0.39, 0.29) is 0 Å². The Balaban J connectivity index is 2.23. The van der Waals surface area contributed by atoms with Crippen molar-refractivity contribution >= 4 is 28.9 Å². The summed E-state index contributed by atoms with van der Waals surface area (Å²) in [6, 6.07) is 9.18. The molecule has 1 aromatic heterocycles. The lowest BCUT2D eigenvalue weighted by atomic mass is 10.0. The van der Waals surface area contributed by atoms with Gasteiger partial charge in [0.25, 0.3) is 0 Å². The Morgan fingerprint density at radius 1 is 1.10 bits per heavy atom. The van der Waals surface area contributed by atoms with E-state index in [1.54, 1.807) is 18.3 Å². The number of hydrogen-bond acceptors (Lipinski definition) is 3. The van der Waals surface area contributed by atoms with E-state index in [2.05, 4.69) is 9.98 Å². The van der Waals surface area contributed by atoms with E-state index < -0.39 is 5.72 Å². The van der Waals surface area contributed by atoms with Crippen molar-refractivity contribution in [3.63, 3.8) is 0 Å². The SMILES string of the molecule is CC1(C)N=C(c2ccccn2)c2cc(Cl)c(Cl)cc2O1. The van der Waals surface area contributed by atoms with Gasteiger partial charge >= 0.3 is 0 Å². The smallest absolute Gasteiger partial charge is 0.195 e. The molecule has 0 radical (unpaired) electrons. The van der Waals surface area contributed by atoms with Crippen LogP contribution >= 0.6 is 23.2 Å². The number of nitrogens with zero attached hydrogens (tertiary/aromatic N) is 2. The van der Waals surface area contributed by atoms with Gasteiger partial charge in [0.1, 0.15) is 5.75 Å². The van der Waals surface area contributed by atoms with Crippen molar-refractivity contribution in [3.05, 3.63) is 57.8 Å². The number of rotatable bonds is 1. The number of benzene rings is 1. The minimum Gasteiger partial charge on any atom is -0.466 e. The van der Waals surface area contributed by atoms with E-state index in [9.17, 15) is 0 Å². The first kappa shape index (κ1) is 13.4. The van der Waals surface area contributed by atoms with Gasteiger partial charge < -0.3 is 4.74 Å². The lowest BCUT2D eigenvalue weighted by Gasteiger charge is -2.30. The maximum absolute atomic E-state index is 6.11. The second-order valence-electron chi connectivity index (χ2n) is 4.99.